The lowest BCUT2D eigenvalue weighted by Gasteiger charge is -2.10. The smallest absolute Gasteiger partial charge is 0.322 e. The summed E-state index contributed by atoms with van der Waals surface area (Å²) < 4.78 is 6.51. The lowest BCUT2D eigenvalue weighted by molar-refractivity contribution is -0.142. The Morgan fingerprint density at radius 3 is 2.75 bits per heavy atom. The summed E-state index contributed by atoms with van der Waals surface area (Å²) in [4.78, 5) is 11.1. The topological polar surface area (TPSA) is 56.1 Å². The van der Waals surface area contributed by atoms with Crippen molar-refractivity contribution in [3.8, 4) is 0 Å². The first-order chi connectivity index (χ1) is 7.54. The van der Waals surface area contributed by atoms with Gasteiger partial charge in [-0.15, -0.1) is 0 Å². The summed E-state index contributed by atoms with van der Waals surface area (Å²) in [6, 6.07) is 1.98. The van der Waals surface area contributed by atoms with Crippen molar-refractivity contribution in [2.24, 2.45) is 0 Å². The predicted molar refractivity (Wildman–Crippen MR) is 60.9 cm³/mol. The van der Waals surface area contributed by atoms with Crippen molar-refractivity contribution in [2.75, 3.05) is 7.11 Å². The quantitative estimate of drug-likeness (QED) is 0.763. The van der Waals surface area contributed by atoms with Gasteiger partial charge < -0.3 is 4.74 Å². The molecule has 90 valence electrons. The highest BCUT2D eigenvalue weighted by molar-refractivity contribution is 5.74. The van der Waals surface area contributed by atoms with Crippen LogP contribution in [0.1, 0.15) is 32.5 Å². The highest BCUT2D eigenvalue weighted by atomic mass is 16.5. The third kappa shape index (κ3) is 3.34. The summed E-state index contributed by atoms with van der Waals surface area (Å²) in [5, 5.41) is 7.42. The molecule has 16 heavy (non-hydrogen) atoms. The third-order valence-electron chi connectivity index (χ3n) is 2.34. The molecule has 0 spiro atoms. The average Bonchev–Trinajstić information content (AvgIpc) is 2.73. The van der Waals surface area contributed by atoms with E-state index in [4.69, 9.17) is 0 Å². The zero-order valence-electron chi connectivity index (χ0n) is 10.2. The normalized spacial score (nSPS) is 12.8. The molecule has 0 fully saturated rings. The number of hydrogen-bond donors (Lipinski definition) is 1. The minimum atomic E-state index is -0.311. The molecule has 5 nitrogen and oxygen atoms in total. The van der Waals surface area contributed by atoms with Crippen LogP contribution >= 0.6 is 0 Å². The lowest BCUT2D eigenvalue weighted by Crippen LogP contribution is -2.34. The minimum absolute atomic E-state index is 0.261. The summed E-state index contributed by atoms with van der Waals surface area (Å²) in [7, 11) is 1.38. The van der Waals surface area contributed by atoms with E-state index in [0.717, 1.165) is 5.69 Å². The van der Waals surface area contributed by atoms with Gasteiger partial charge in [0, 0.05) is 18.8 Å². The first-order valence-corrected chi connectivity index (χ1v) is 5.40. The van der Waals surface area contributed by atoms with Crippen LogP contribution in [0.15, 0.2) is 12.3 Å². The van der Waals surface area contributed by atoms with E-state index in [1.54, 1.807) is 6.92 Å². The molecule has 1 rings (SSSR count). The fourth-order valence-electron chi connectivity index (χ4n) is 1.28. The van der Waals surface area contributed by atoms with Crippen LogP contribution in [-0.2, 0) is 16.1 Å². The molecule has 0 amide bonds. The number of carbonyl (C=O) groups excluding carboxylic acids is 1. The maximum atomic E-state index is 11.1. The highest BCUT2D eigenvalue weighted by Gasteiger charge is 2.12. The van der Waals surface area contributed by atoms with Crippen LogP contribution in [0.3, 0.4) is 0 Å². The molecule has 1 atom stereocenters. The third-order valence-corrected chi connectivity index (χ3v) is 2.34. The van der Waals surface area contributed by atoms with E-state index in [2.05, 4.69) is 29.0 Å². The first-order valence-electron chi connectivity index (χ1n) is 5.40. The Kier molecular flexibility index (Phi) is 4.49. The number of ether oxygens (including phenoxy) is 1. The van der Waals surface area contributed by atoms with Gasteiger partial charge in [0.2, 0.25) is 0 Å². The SMILES string of the molecule is COC(=O)C(C)NCc1ccn(C(C)C)n1. The van der Waals surface area contributed by atoms with Gasteiger partial charge in [-0.3, -0.25) is 14.8 Å². The van der Waals surface area contributed by atoms with E-state index < -0.39 is 0 Å². The molecule has 0 aromatic carbocycles. The lowest BCUT2D eigenvalue weighted by atomic mass is 10.3. The van der Waals surface area contributed by atoms with Crippen LogP contribution in [0.2, 0.25) is 0 Å². The van der Waals surface area contributed by atoms with Gasteiger partial charge in [-0.2, -0.15) is 5.10 Å². The van der Waals surface area contributed by atoms with Gasteiger partial charge in [0.1, 0.15) is 6.04 Å². The maximum absolute atomic E-state index is 11.1. The second-order valence-corrected chi connectivity index (χ2v) is 4.01. The van der Waals surface area contributed by atoms with Crippen molar-refractivity contribution >= 4 is 5.97 Å². The largest absolute Gasteiger partial charge is 0.468 e. The van der Waals surface area contributed by atoms with Gasteiger partial charge in [0.15, 0.2) is 0 Å². The number of aromatic nitrogens is 2. The molecular formula is C11H19N3O2. The van der Waals surface area contributed by atoms with Gasteiger partial charge in [0.25, 0.3) is 0 Å². The summed E-state index contributed by atoms with van der Waals surface area (Å²) in [5.41, 5.74) is 0.921. The molecule has 0 aliphatic rings. The van der Waals surface area contributed by atoms with Crippen LogP contribution in [0.5, 0.6) is 0 Å². The first kappa shape index (κ1) is 12.7. The Morgan fingerprint density at radius 2 is 2.25 bits per heavy atom. The summed E-state index contributed by atoms with van der Waals surface area (Å²) in [5.74, 6) is -0.261. The fraction of sp³-hybridized carbons (Fsp3) is 0.636. The van der Waals surface area contributed by atoms with Gasteiger partial charge in [-0.25, -0.2) is 0 Å². The Balaban J connectivity index is 2.45. The van der Waals surface area contributed by atoms with Gasteiger partial charge in [-0.05, 0) is 26.8 Å². The van der Waals surface area contributed by atoms with Crippen LogP contribution in [0, 0.1) is 0 Å². The van der Waals surface area contributed by atoms with Gasteiger partial charge in [0.05, 0.1) is 12.8 Å². The van der Waals surface area contributed by atoms with Crippen LogP contribution in [0.4, 0.5) is 0 Å². The maximum Gasteiger partial charge on any atom is 0.322 e. The van der Waals surface area contributed by atoms with Crippen LogP contribution < -0.4 is 5.32 Å². The second-order valence-electron chi connectivity index (χ2n) is 4.01. The number of hydrogen-bond acceptors (Lipinski definition) is 4. The second kappa shape index (κ2) is 5.65. The summed E-state index contributed by atoms with van der Waals surface area (Å²) in [6.45, 7) is 6.48. The molecule has 1 aromatic rings. The monoisotopic (exact) mass is 225 g/mol. The fourth-order valence-corrected chi connectivity index (χ4v) is 1.28. The number of nitrogens with zero attached hydrogens (tertiary/aromatic N) is 2. The van der Waals surface area contributed by atoms with E-state index in [9.17, 15) is 4.79 Å². The number of nitrogens with one attached hydrogen (secondary N) is 1. The van der Waals surface area contributed by atoms with Crippen molar-refractivity contribution in [1.29, 1.82) is 0 Å². The van der Waals surface area contributed by atoms with Crippen molar-refractivity contribution in [3.63, 3.8) is 0 Å². The number of rotatable bonds is 5. The molecule has 1 heterocycles. The molecular weight excluding hydrogens is 206 g/mol. The number of methoxy groups -OCH3 is 1. The predicted octanol–water partition coefficient (Wildman–Crippen LogP) is 1.12. The molecule has 5 heteroatoms. The molecule has 0 aliphatic carbocycles. The average molecular weight is 225 g/mol. The van der Waals surface area contributed by atoms with Gasteiger partial charge >= 0.3 is 5.97 Å². The van der Waals surface area contributed by atoms with Crippen LogP contribution in [-0.4, -0.2) is 28.9 Å². The van der Waals surface area contributed by atoms with E-state index in [1.807, 2.05) is 16.9 Å². The van der Waals surface area contributed by atoms with E-state index in [1.165, 1.54) is 7.11 Å². The summed E-state index contributed by atoms with van der Waals surface area (Å²) in [6.07, 6.45) is 1.94. The Bertz CT molecular complexity index is 347. The van der Waals surface area contributed by atoms with Crippen molar-refractivity contribution < 1.29 is 9.53 Å². The highest BCUT2D eigenvalue weighted by Crippen LogP contribution is 2.04. The number of esters is 1. The summed E-state index contributed by atoms with van der Waals surface area (Å²) >= 11 is 0. The van der Waals surface area contributed by atoms with Crippen molar-refractivity contribution in [1.82, 2.24) is 15.1 Å². The molecule has 1 aromatic heterocycles. The molecule has 1 unspecified atom stereocenters. The van der Waals surface area contributed by atoms with Crippen molar-refractivity contribution in [2.45, 2.75) is 39.4 Å². The van der Waals surface area contributed by atoms with E-state index in [0.29, 0.717) is 12.6 Å². The van der Waals surface area contributed by atoms with Gasteiger partial charge in [-0.1, -0.05) is 0 Å². The zero-order valence-corrected chi connectivity index (χ0v) is 10.2. The molecule has 0 radical (unpaired) electrons. The Hall–Kier alpha value is -1.36. The van der Waals surface area contributed by atoms with E-state index >= 15 is 0 Å². The molecule has 0 bridgehead atoms. The molecule has 0 saturated carbocycles. The zero-order chi connectivity index (χ0) is 12.1. The Labute approximate surface area is 95.8 Å². The number of carbonyl (C=O) groups is 1. The molecule has 0 saturated heterocycles. The Morgan fingerprint density at radius 1 is 1.56 bits per heavy atom. The molecule has 0 aliphatic heterocycles. The molecule has 1 N–H and O–H groups in total. The van der Waals surface area contributed by atoms with E-state index in [-0.39, 0.29) is 12.0 Å². The standard InChI is InChI=1S/C11H19N3O2/c1-8(2)14-6-5-10(13-14)7-12-9(3)11(15)16-4/h5-6,8-9,12H,7H2,1-4H3. The van der Waals surface area contributed by atoms with Crippen molar-refractivity contribution in [3.05, 3.63) is 18.0 Å². The minimum Gasteiger partial charge on any atom is -0.468 e. The van der Waals surface area contributed by atoms with Crippen LogP contribution in [0.25, 0.3) is 0 Å².